The van der Waals surface area contributed by atoms with Crippen LogP contribution in [0.25, 0.3) is 0 Å². The molecule has 0 bridgehead atoms. The van der Waals surface area contributed by atoms with Gasteiger partial charge in [-0.05, 0) is 34.1 Å². The van der Waals surface area contributed by atoms with Crippen LogP contribution in [0, 0.1) is 0 Å². The van der Waals surface area contributed by atoms with Gasteiger partial charge in [-0.15, -0.1) is 0 Å². The Morgan fingerprint density at radius 2 is 2.00 bits per heavy atom. The van der Waals surface area contributed by atoms with Gasteiger partial charge < -0.3 is 15.4 Å². The number of carbonyl (C=O) groups is 1. The average Bonchev–Trinajstić information content (AvgIpc) is 2.57. The van der Waals surface area contributed by atoms with Gasteiger partial charge in [-0.25, -0.2) is 9.10 Å². The van der Waals surface area contributed by atoms with Gasteiger partial charge in [-0.2, -0.15) is 4.98 Å². The number of anilines is 3. The first-order chi connectivity index (χ1) is 11.4. The number of para-hydroxylation sites is 1. The number of urea groups is 1. The maximum absolute atomic E-state index is 12.5. The Bertz CT molecular complexity index is 758. The van der Waals surface area contributed by atoms with Gasteiger partial charge in [0, 0.05) is 7.05 Å². The van der Waals surface area contributed by atoms with E-state index in [1.807, 2.05) is 0 Å². The normalized spacial score (nSPS) is 10.2. The van der Waals surface area contributed by atoms with Crippen LogP contribution in [0.4, 0.5) is 22.0 Å². The molecule has 0 saturated heterocycles. The number of hydrogen-bond acceptors (Lipinski definition) is 5. The molecule has 0 atom stereocenters. The van der Waals surface area contributed by atoms with Crippen molar-refractivity contribution in [1.82, 2.24) is 4.98 Å². The number of thiol groups is 1. The number of carbonyl (C=O) groups excluding carboxylic acids is 1. The van der Waals surface area contributed by atoms with Crippen LogP contribution in [-0.2, 0) is 0 Å². The number of hydrogen-bond donors (Lipinski definition) is 3. The molecule has 0 unspecified atom stereocenters. The number of halogens is 3. The van der Waals surface area contributed by atoms with Crippen molar-refractivity contribution in [3.8, 4) is 5.88 Å². The monoisotopic (exact) mass is 450 g/mol. The molecule has 1 aromatic carbocycles. The lowest BCUT2D eigenvalue weighted by molar-refractivity contribution is 0.260. The van der Waals surface area contributed by atoms with Crippen molar-refractivity contribution in [2.24, 2.45) is 0 Å². The standard InChI is InChI=1S/C14H13BrCl2N4O2S/c1-18-12-10(6-7(15)13(20-12)23-2)21(24)14(22)19-11-8(16)4-3-5-9(11)17/h3-6,24H,1-2H3,(H,18,20)(H,19,22). The number of benzene rings is 1. The number of aromatic nitrogens is 1. The van der Waals surface area contributed by atoms with Gasteiger partial charge in [0.15, 0.2) is 5.82 Å². The van der Waals surface area contributed by atoms with Crippen molar-refractivity contribution in [1.29, 1.82) is 0 Å². The molecule has 24 heavy (non-hydrogen) atoms. The largest absolute Gasteiger partial charge is 0.480 e. The number of amides is 2. The van der Waals surface area contributed by atoms with Crippen LogP contribution in [0.15, 0.2) is 28.7 Å². The van der Waals surface area contributed by atoms with Crippen molar-refractivity contribution in [2.45, 2.75) is 0 Å². The van der Waals surface area contributed by atoms with E-state index in [9.17, 15) is 4.79 Å². The third-order valence-electron chi connectivity index (χ3n) is 2.97. The van der Waals surface area contributed by atoms with Crippen molar-refractivity contribution in [3.05, 3.63) is 38.8 Å². The first kappa shape index (κ1) is 19.0. The molecule has 0 spiro atoms. The number of methoxy groups -OCH3 is 1. The summed E-state index contributed by atoms with van der Waals surface area (Å²) < 4.78 is 6.79. The highest BCUT2D eigenvalue weighted by atomic mass is 79.9. The highest BCUT2D eigenvalue weighted by molar-refractivity contribution is 9.10. The predicted octanol–water partition coefficient (Wildman–Crippen LogP) is 5.08. The average molecular weight is 452 g/mol. The lowest BCUT2D eigenvalue weighted by atomic mass is 10.3. The van der Waals surface area contributed by atoms with E-state index in [2.05, 4.69) is 44.4 Å². The van der Waals surface area contributed by atoms with Crippen molar-refractivity contribution < 1.29 is 9.53 Å². The summed E-state index contributed by atoms with van der Waals surface area (Å²) in [6.45, 7) is 0. The molecule has 0 fully saturated rings. The van der Waals surface area contributed by atoms with E-state index < -0.39 is 6.03 Å². The third-order valence-corrected chi connectivity index (χ3v) is 4.56. The smallest absolute Gasteiger partial charge is 0.336 e. The fourth-order valence-corrected chi connectivity index (χ4v) is 3.00. The SMILES string of the molecule is CNc1nc(OC)c(Br)cc1N(S)C(=O)Nc1c(Cl)cccc1Cl. The molecule has 0 aliphatic carbocycles. The van der Waals surface area contributed by atoms with Gasteiger partial charge in [0.25, 0.3) is 0 Å². The van der Waals surface area contributed by atoms with Crippen molar-refractivity contribution in [2.75, 3.05) is 29.1 Å². The summed E-state index contributed by atoms with van der Waals surface area (Å²) in [5, 5.41) is 6.15. The molecule has 0 radical (unpaired) electrons. The second kappa shape index (κ2) is 8.15. The van der Waals surface area contributed by atoms with Crippen LogP contribution in [0.1, 0.15) is 0 Å². The minimum absolute atomic E-state index is 0.302. The van der Waals surface area contributed by atoms with E-state index in [1.54, 1.807) is 31.3 Å². The number of nitrogens with one attached hydrogen (secondary N) is 2. The molecule has 128 valence electrons. The zero-order chi connectivity index (χ0) is 17.9. The van der Waals surface area contributed by atoms with Crippen molar-refractivity contribution >= 4 is 75.2 Å². The summed E-state index contributed by atoms with van der Waals surface area (Å²) in [6.07, 6.45) is 0. The molecule has 2 rings (SSSR count). The lowest BCUT2D eigenvalue weighted by Crippen LogP contribution is -2.28. The first-order valence-electron chi connectivity index (χ1n) is 6.55. The highest BCUT2D eigenvalue weighted by Crippen LogP contribution is 2.35. The molecular weight excluding hydrogens is 439 g/mol. The Labute approximate surface area is 163 Å². The maximum Gasteiger partial charge on any atom is 0.336 e. The van der Waals surface area contributed by atoms with Gasteiger partial charge in [0.2, 0.25) is 5.88 Å². The van der Waals surface area contributed by atoms with Gasteiger partial charge in [0.1, 0.15) is 5.69 Å². The minimum atomic E-state index is -0.552. The van der Waals surface area contributed by atoms with E-state index >= 15 is 0 Å². The Hall–Kier alpha value is -1.35. The summed E-state index contributed by atoms with van der Waals surface area (Å²) in [5.41, 5.74) is 0.714. The van der Waals surface area contributed by atoms with E-state index in [1.165, 1.54) is 7.11 Å². The van der Waals surface area contributed by atoms with Crippen molar-refractivity contribution in [3.63, 3.8) is 0 Å². The number of nitrogens with zero attached hydrogens (tertiary/aromatic N) is 2. The molecular formula is C14H13BrCl2N4O2S. The molecule has 6 nitrogen and oxygen atoms in total. The molecule has 2 amide bonds. The molecule has 0 aliphatic rings. The predicted molar refractivity (Wildman–Crippen MR) is 105 cm³/mol. The highest BCUT2D eigenvalue weighted by Gasteiger charge is 2.21. The molecule has 2 aromatic rings. The fourth-order valence-electron chi connectivity index (χ4n) is 1.84. The zero-order valence-corrected chi connectivity index (χ0v) is 16.6. The van der Waals surface area contributed by atoms with E-state index in [4.69, 9.17) is 27.9 Å². The Balaban J connectivity index is 2.33. The van der Waals surface area contributed by atoms with Gasteiger partial charge >= 0.3 is 6.03 Å². The summed E-state index contributed by atoms with van der Waals surface area (Å²) >= 11 is 19.7. The van der Waals surface area contributed by atoms with Crippen LogP contribution in [-0.4, -0.2) is 25.2 Å². The minimum Gasteiger partial charge on any atom is -0.480 e. The van der Waals surface area contributed by atoms with E-state index in [0.29, 0.717) is 37.6 Å². The second-order valence-corrected chi connectivity index (χ2v) is 6.50. The Morgan fingerprint density at radius 3 is 2.54 bits per heavy atom. The molecule has 0 saturated carbocycles. The summed E-state index contributed by atoms with van der Waals surface area (Å²) in [6, 6.07) is 6.03. The number of ether oxygens (including phenoxy) is 1. The summed E-state index contributed by atoms with van der Waals surface area (Å²) in [4.78, 5) is 16.7. The number of rotatable bonds is 4. The van der Waals surface area contributed by atoms with Crippen LogP contribution in [0.2, 0.25) is 10.0 Å². The second-order valence-electron chi connectivity index (χ2n) is 4.44. The van der Waals surface area contributed by atoms with Crippen LogP contribution >= 0.6 is 51.9 Å². The Morgan fingerprint density at radius 1 is 1.38 bits per heavy atom. The quantitative estimate of drug-likeness (QED) is 0.566. The van der Waals surface area contributed by atoms with Gasteiger partial charge in [-0.3, -0.25) is 0 Å². The lowest BCUT2D eigenvalue weighted by Gasteiger charge is -2.20. The van der Waals surface area contributed by atoms with Gasteiger partial charge in [-0.1, -0.05) is 42.1 Å². The van der Waals surface area contributed by atoms with Crippen LogP contribution < -0.4 is 19.7 Å². The molecule has 1 aromatic heterocycles. The van der Waals surface area contributed by atoms with Crippen LogP contribution in [0.3, 0.4) is 0 Å². The summed E-state index contributed by atoms with van der Waals surface area (Å²) in [5.74, 6) is 0.782. The molecule has 10 heteroatoms. The van der Waals surface area contributed by atoms with E-state index in [0.717, 1.165) is 4.31 Å². The number of pyridine rings is 1. The third kappa shape index (κ3) is 4.00. The van der Waals surface area contributed by atoms with Gasteiger partial charge in [0.05, 0.1) is 27.3 Å². The van der Waals surface area contributed by atoms with E-state index in [-0.39, 0.29) is 0 Å². The zero-order valence-electron chi connectivity index (χ0n) is 12.6. The fraction of sp³-hybridized carbons (Fsp3) is 0.143. The first-order valence-corrected chi connectivity index (χ1v) is 8.50. The van der Waals surface area contributed by atoms with Crippen LogP contribution in [0.5, 0.6) is 5.88 Å². The molecule has 2 N–H and O–H groups in total. The molecule has 1 heterocycles. The summed E-state index contributed by atoms with van der Waals surface area (Å²) in [7, 11) is 3.17. The topological polar surface area (TPSA) is 66.5 Å². The Kier molecular flexibility index (Phi) is 6.45. The maximum atomic E-state index is 12.5. The molecule has 0 aliphatic heterocycles.